The number of anilines is 1. The SMILES string of the molecule is CCOc1cc2ncc(C#N)c(NCc3ccc(F)c(F)c3)c2cc1OCC. The van der Waals surface area contributed by atoms with Crippen molar-refractivity contribution in [2.75, 3.05) is 18.5 Å². The van der Waals surface area contributed by atoms with Crippen molar-refractivity contribution in [2.45, 2.75) is 20.4 Å². The van der Waals surface area contributed by atoms with Crippen molar-refractivity contribution in [2.24, 2.45) is 0 Å². The quantitative estimate of drug-likeness (QED) is 0.635. The van der Waals surface area contributed by atoms with Crippen molar-refractivity contribution in [3.8, 4) is 17.6 Å². The molecule has 0 aliphatic carbocycles. The maximum Gasteiger partial charge on any atom is 0.163 e. The predicted octanol–water partition coefficient (Wildman–Crippen LogP) is 4.79. The van der Waals surface area contributed by atoms with Crippen LogP contribution in [-0.4, -0.2) is 18.2 Å². The molecule has 0 spiro atoms. The van der Waals surface area contributed by atoms with Crippen molar-refractivity contribution in [1.82, 2.24) is 4.98 Å². The third-order valence-electron chi connectivity index (χ3n) is 4.11. The maximum atomic E-state index is 13.5. The summed E-state index contributed by atoms with van der Waals surface area (Å²) in [4.78, 5) is 4.33. The highest BCUT2D eigenvalue weighted by molar-refractivity contribution is 5.96. The van der Waals surface area contributed by atoms with E-state index in [0.29, 0.717) is 52.4 Å². The normalized spacial score (nSPS) is 10.5. The second kappa shape index (κ2) is 8.53. The first kappa shape index (κ1) is 19.4. The van der Waals surface area contributed by atoms with Crippen LogP contribution in [0.15, 0.2) is 36.5 Å². The summed E-state index contributed by atoms with van der Waals surface area (Å²) >= 11 is 0. The highest BCUT2D eigenvalue weighted by atomic mass is 19.2. The summed E-state index contributed by atoms with van der Waals surface area (Å²) in [7, 11) is 0. The first-order chi connectivity index (χ1) is 13.6. The number of benzene rings is 2. The summed E-state index contributed by atoms with van der Waals surface area (Å²) in [5, 5.41) is 13.3. The fraction of sp³-hybridized carbons (Fsp3) is 0.238. The molecule has 0 aliphatic heterocycles. The number of ether oxygens (including phenoxy) is 2. The number of hydrogen-bond acceptors (Lipinski definition) is 5. The van der Waals surface area contributed by atoms with Crippen molar-refractivity contribution < 1.29 is 18.3 Å². The van der Waals surface area contributed by atoms with Crippen LogP contribution in [0.1, 0.15) is 25.0 Å². The van der Waals surface area contributed by atoms with E-state index in [-0.39, 0.29) is 6.54 Å². The van der Waals surface area contributed by atoms with Gasteiger partial charge in [0, 0.05) is 24.2 Å². The lowest BCUT2D eigenvalue weighted by molar-refractivity contribution is 0.288. The molecule has 0 saturated carbocycles. The lowest BCUT2D eigenvalue weighted by Crippen LogP contribution is -2.05. The smallest absolute Gasteiger partial charge is 0.163 e. The van der Waals surface area contributed by atoms with E-state index in [4.69, 9.17) is 9.47 Å². The van der Waals surface area contributed by atoms with E-state index < -0.39 is 11.6 Å². The number of pyridine rings is 1. The van der Waals surface area contributed by atoms with E-state index >= 15 is 0 Å². The van der Waals surface area contributed by atoms with Crippen molar-refractivity contribution in [1.29, 1.82) is 5.26 Å². The first-order valence-corrected chi connectivity index (χ1v) is 8.87. The zero-order valence-electron chi connectivity index (χ0n) is 15.6. The summed E-state index contributed by atoms with van der Waals surface area (Å²) in [6, 6.07) is 9.31. The molecule has 2 aromatic carbocycles. The second-order valence-electron chi connectivity index (χ2n) is 5.94. The molecule has 0 unspecified atom stereocenters. The Hall–Kier alpha value is -3.40. The number of nitrogens with zero attached hydrogens (tertiary/aromatic N) is 2. The van der Waals surface area contributed by atoms with Crippen LogP contribution in [0.4, 0.5) is 14.5 Å². The van der Waals surface area contributed by atoms with E-state index in [1.54, 1.807) is 12.1 Å². The number of halogens is 2. The van der Waals surface area contributed by atoms with Gasteiger partial charge in [0.1, 0.15) is 6.07 Å². The standard InChI is InChI=1S/C21H19F2N3O2/c1-3-27-19-8-15-18(9-20(19)28-4-2)25-12-14(10-24)21(15)26-11-13-5-6-16(22)17(23)7-13/h5-9,12H,3-4,11H2,1-2H3,(H,25,26). The third kappa shape index (κ3) is 3.96. The zero-order valence-corrected chi connectivity index (χ0v) is 15.6. The molecule has 0 atom stereocenters. The van der Waals surface area contributed by atoms with Crippen LogP contribution in [0.5, 0.6) is 11.5 Å². The molecule has 144 valence electrons. The van der Waals surface area contributed by atoms with Gasteiger partial charge in [-0.3, -0.25) is 4.98 Å². The summed E-state index contributed by atoms with van der Waals surface area (Å²) < 4.78 is 37.9. The molecule has 0 radical (unpaired) electrons. The monoisotopic (exact) mass is 383 g/mol. The molecular formula is C21H19F2N3O2. The van der Waals surface area contributed by atoms with E-state index in [0.717, 1.165) is 12.1 Å². The highest BCUT2D eigenvalue weighted by Gasteiger charge is 2.14. The molecule has 3 rings (SSSR count). The molecule has 7 heteroatoms. The Morgan fingerprint density at radius 3 is 2.39 bits per heavy atom. The van der Waals surface area contributed by atoms with Gasteiger partial charge in [-0.15, -0.1) is 0 Å². The van der Waals surface area contributed by atoms with Crippen LogP contribution in [0.25, 0.3) is 10.9 Å². The number of rotatable bonds is 7. The number of nitriles is 1. The van der Waals surface area contributed by atoms with Gasteiger partial charge in [0.15, 0.2) is 23.1 Å². The molecule has 3 aromatic rings. The predicted molar refractivity (Wildman–Crippen MR) is 102 cm³/mol. The molecule has 1 aromatic heterocycles. The Bertz CT molecular complexity index is 1050. The fourth-order valence-electron chi connectivity index (χ4n) is 2.85. The van der Waals surface area contributed by atoms with Gasteiger partial charge >= 0.3 is 0 Å². The zero-order chi connectivity index (χ0) is 20.1. The van der Waals surface area contributed by atoms with Gasteiger partial charge in [0.05, 0.1) is 30.0 Å². The van der Waals surface area contributed by atoms with E-state index in [1.165, 1.54) is 12.3 Å². The first-order valence-electron chi connectivity index (χ1n) is 8.87. The fourth-order valence-corrected chi connectivity index (χ4v) is 2.85. The Labute approximate surface area is 161 Å². The number of hydrogen-bond donors (Lipinski definition) is 1. The summed E-state index contributed by atoms with van der Waals surface area (Å²) in [6.07, 6.45) is 1.46. The molecule has 1 N–H and O–H groups in total. The van der Waals surface area contributed by atoms with Crippen LogP contribution in [-0.2, 0) is 6.54 Å². The molecule has 28 heavy (non-hydrogen) atoms. The third-order valence-corrected chi connectivity index (χ3v) is 4.11. The lowest BCUT2D eigenvalue weighted by atomic mass is 10.1. The van der Waals surface area contributed by atoms with Gasteiger partial charge in [0.25, 0.3) is 0 Å². The van der Waals surface area contributed by atoms with Crippen LogP contribution in [0.3, 0.4) is 0 Å². The van der Waals surface area contributed by atoms with Crippen LogP contribution < -0.4 is 14.8 Å². The average molecular weight is 383 g/mol. The van der Waals surface area contributed by atoms with Crippen molar-refractivity contribution in [3.05, 3.63) is 59.3 Å². The number of fused-ring (bicyclic) bond motifs is 1. The highest BCUT2D eigenvalue weighted by Crippen LogP contribution is 2.36. The average Bonchev–Trinajstić information content (AvgIpc) is 2.69. The molecular weight excluding hydrogens is 364 g/mol. The largest absolute Gasteiger partial charge is 0.490 e. The van der Waals surface area contributed by atoms with Crippen LogP contribution >= 0.6 is 0 Å². The molecule has 0 saturated heterocycles. The Kier molecular flexibility index (Phi) is 5.90. The van der Waals surface area contributed by atoms with Gasteiger partial charge in [-0.1, -0.05) is 6.07 Å². The minimum Gasteiger partial charge on any atom is -0.490 e. The molecule has 0 bridgehead atoms. The summed E-state index contributed by atoms with van der Waals surface area (Å²) in [6.45, 7) is 4.88. The molecule has 5 nitrogen and oxygen atoms in total. The van der Waals surface area contributed by atoms with Gasteiger partial charge in [0.2, 0.25) is 0 Å². The Morgan fingerprint density at radius 1 is 1.04 bits per heavy atom. The summed E-state index contributed by atoms with van der Waals surface area (Å²) in [5.74, 6) is -0.703. The molecule has 0 amide bonds. The Morgan fingerprint density at radius 2 is 1.75 bits per heavy atom. The number of nitrogens with one attached hydrogen (secondary N) is 1. The van der Waals surface area contributed by atoms with Crippen LogP contribution in [0, 0.1) is 23.0 Å². The lowest BCUT2D eigenvalue weighted by Gasteiger charge is -2.15. The van der Waals surface area contributed by atoms with Gasteiger partial charge in [-0.25, -0.2) is 8.78 Å². The van der Waals surface area contributed by atoms with Crippen molar-refractivity contribution in [3.63, 3.8) is 0 Å². The van der Waals surface area contributed by atoms with E-state index in [9.17, 15) is 14.0 Å². The Balaban J connectivity index is 2.04. The topological polar surface area (TPSA) is 67.2 Å². The summed E-state index contributed by atoms with van der Waals surface area (Å²) in [5.41, 5.74) is 2.05. The molecule has 0 aliphatic rings. The maximum absolute atomic E-state index is 13.5. The van der Waals surface area contributed by atoms with Crippen molar-refractivity contribution >= 4 is 16.6 Å². The minimum atomic E-state index is -0.917. The number of aromatic nitrogens is 1. The van der Waals surface area contributed by atoms with Gasteiger partial charge in [-0.2, -0.15) is 5.26 Å². The molecule has 0 fully saturated rings. The van der Waals surface area contributed by atoms with Crippen LogP contribution in [0.2, 0.25) is 0 Å². The van der Waals surface area contributed by atoms with E-state index in [1.807, 2.05) is 13.8 Å². The van der Waals surface area contributed by atoms with E-state index in [2.05, 4.69) is 16.4 Å². The van der Waals surface area contributed by atoms with Gasteiger partial charge in [-0.05, 0) is 37.6 Å². The second-order valence-corrected chi connectivity index (χ2v) is 5.94. The minimum absolute atomic E-state index is 0.210. The molecule has 1 heterocycles. The van der Waals surface area contributed by atoms with Gasteiger partial charge < -0.3 is 14.8 Å².